The monoisotopic (exact) mass is 1090 g/mol. The minimum Gasteiger partial charge on any atom is -0.455 e. The summed E-state index contributed by atoms with van der Waals surface area (Å²) in [6.07, 6.45) is -10.4. The molecule has 3 N–H and O–H groups in total. The van der Waals surface area contributed by atoms with Crippen LogP contribution in [0.5, 0.6) is 0 Å². The average molecular weight is 1100 g/mol. The maximum absolute atomic E-state index is 15.8. The Bertz CT molecular complexity index is 2890. The third-order valence-electron chi connectivity index (χ3n) is 15.6. The molecule has 2 amide bonds. The minimum atomic E-state index is -2.40. The Morgan fingerprint density at radius 3 is 2.05 bits per heavy atom. The molecule has 1 saturated heterocycles. The van der Waals surface area contributed by atoms with Gasteiger partial charge < -0.3 is 58.4 Å². The topological polar surface area (TPSA) is 281 Å². The first-order valence-corrected chi connectivity index (χ1v) is 26.1. The third kappa shape index (κ3) is 11.7. The highest BCUT2D eigenvalue weighted by molar-refractivity contribution is 5.98. The van der Waals surface area contributed by atoms with Crippen molar-refractivity contribution >= 4 is 53.8 Å². The fourth-order valence-corrected chi connectivity index (χ4v) is 11.9. The first-order chi connectivity index (χ1) is 37.3. The summed E-state index contributed by atoms with van der Waals surface area (Å²) in [6, 6.07) is 23.1. The number of hydrogen-bond donors (Lipinski definition) is 3. The number of rotatable bonds is 17. The van der Waals surface area contributed by atoms with E-state index in [2.05, 4.69) is 10.6 Å². The molecule has 3 aromatic carbocycles. The van der Waals surface area contributed by atoms with Crippen LogP contribution in [-0.2, 0) is 78.0 Å². The van der Waals surface area contributed by atoms with E-state index in [1.165, 1.54) is 38.1 Å². The van der Waals surface area contributed by atoms with Gasteiger partial charge >= 0.3 is 48.0 Å². The van der Waals surface area contributed by atoms with Crippen LogP contribution in [0.1, 0.15) is 109 Å². The first-order valence-electron chi connectivity index (χ1n) is 26.1. The van der Waals surface area contributed by atoms with E-state index in [4.69, 9.17) is 42.6 Å². The van der Waals surface area contributed by atoms with Crippen molar-refractivity contribution in [3.05, 3.63) is 119 Å². The maximum Gasteiger partial charge on any atom is 0.408 e. The first kappa shape index (κ1) is 57.5. The van der Waals surface area contributed by atoms with Crippen LogP contribution in [0.4, 0.5) is 9.59 Å². The number of carbonyl (C=O) groups is 9. The molecule has 2 bridgehead atoms. The van der Waals surface area contributed by atoms with Crippen LogP contribution in [0, 0.1) is 22.7 Å². The summed E-state index contributed by atoms with van der Waals surface area (Å²) < 4.78 is 52.8. The Hall–Kier alpha value is -7.65. The van der Waals surface area contributed by atoms with E-state index in [0.717, 1.165) is 12.5 Å². The van der Waals surface area contributed by atoms with Crippen molar-refractivity contribution in [1.82, 2.24) is 10.6 Å². The lowest BCUT2D eigenvalue weighted by Gasteiger charge is -2.64. The quantitative estimate of drug-likeness (QED) is 0.0808. The molecule has 0 aromatic heterocycles. The largest absolute Gasteiger partial charge is 0.455 e. The van der Waals surface area contributed by atoms with Crippen LogP contribution < -0.4 is 10.6 Å². The van der Waals surface area contributed by atoms with Gasteiger partial charge in [-0.2, -0.15) is 0 Å². The van der Waals surface area contributed by atoms with Crippen LogP contribution >= 0.6 is 0 Å². The van der Waals surface area contributed by atoms with Gasteiger partial charge in [0.05, 0.1) is 24.5 Å². The number of aliphatic hydroxyl groups is 1. The lowest BCUT2D eigenvalue weighted by molar-refractivity contribution is -0.323. The second kappa shape index (κ2) is 22.6. The van der Waals surface area contributed by atoms with Gasteiger partial charge in [-0.1, -0.05) is 92.7 Å². The number of nitrogens with one attached hydrogen (secondary N) is 2. The smallest absolute Gasteiger partial charge is 0.408 e. The predicted molar refractivity (Wildman–Crippen MR) is 274 cm³/mol. The molecule has 5 aliphatic rings. The van der Waals surface area contributed by atoms with E-state index in [9.17, 15) is 38.7 Å². The number of esters is 6. The zero-order chi connectivity index (χ0) is 57.2. The molecule has 1 aliphatic heterocycles. The summed E-state index contributed by atoms with van der Waals surface area (Å²) >= 11 is 0. The van der Waals surface area contributed by atoms with Gasteiger partial charge in [0, 0.05) is 37.6 Å². The lowest BCUT2D eigenvalue weighted by atomic mass is 9.48. The molecule has 21 nitrogen and oxygen atoms in total. The summed E-state index contributed by atoms with van der Waals surface area (Å²) in [4.78, 5) is 125. The van der Waals surface area contributed by atoms with Crippen molar-refractivity contribution in [2.75, 3.05) is 19.8 Å². The maximum atomic E-state index is 15.8. The van der Waals surface area contributed by atoms with Gasteiger partial charge in [-0.3, -0.25) is 19.2 Å². The number of ether oxygens (including phenoxy) is 9. The summed E-state index contributed by atoms with van der Waals surface area (Å²) in [6.45, 7) is 10.2. The van der Waals surface area contributed by atoms with Crippen molar-refractivity contribution < 1.29 is 90.9 Å². The SMILES string of the molecule is CC(=O)O[C@H]1C(=O)[C@]23CC2C[C@H]2OC[C@@]2(OC(C)=O)[C@H]3[C@H](OC(=O)c2ccccc2)[C@]2(O)C[C@H](OC(=O)[C@H](OC(=O)COC(=O)CCNC(=O)OCc3ccccc3)[C@@H](NC(=O)OC(C)(C)C)c3ccccc3)C(C)=C1C2(C)C. The molecule has 0 radical (unpaired) electrons. The van der Waals surface area contributed by atoms with Gasteiger partial charge in [0.2, 0.25) is 6.10 Å². The third-order valence-corrected chi connectivity index (χ3v) is 15.6. The number of amides is 2. The van der Waals surface area contributed by atoms with Crippen LogP contribution in [-0.4, -0.2) is 126 Å². The summed E-state index contributed by atoms with van der Waals surface area (Å²) in [5.41, 5.74) is -7.11. The molecule has 21 heteroatoms. The van der Waals surface area contributed by atoms with E-state index in [0.29, 0.717) is 0 Å². The Morgan fingerprint density at radius 1 is 0.797 bits per heavy atom. The zero-order valence-electron chi connectivity index (χ0n) is 45.2. The second-order valence-electron chi connectivity index (χ2n) is 22.2. The molecule has 4 fully saturated rings. The summed E-state index contributed by atoms with van der Waals surface area (Å²) in [5.74, 6) is -8.47. The number of fused-ring (bicyclic) bond motifs is 4. The number of Topliss-reactive ketones (excluding diaryl/α,β-unsaturated/α-hetero) is 1. The van der Waals surface area contributed by atoms with E-state index < -0.39 is 149 Å². The van der Waals surface area contributed by atoms with E-state index in [1.807, 2.05) is 6.07 Å². The van der Waals surface area contributed by atoms with Gasteiger partial charge in [0.15, 0.2) is 24.1 Å². The van der Waals surface area contributed by atoms with E-state index in [1.54, 1.807) is 95.3 Å². The van der Waals surface area contributed by atoms with Crippen molar-refractivity contribution in [3.63, 3.8) is 0 Å². The van der Waals surface area contributed by atoms with Crippen molar-refractivity contribution in [3.8, 4) is 0 Å². The van der Waals surface area contributed by atoms with Crippen LogP contribution in [0.3, 0.4) is 0 Å². The van der Waals surface area contributed by atoms with Gasteiger partial charge in [-0.05, 0) is 80.9 Å². The van der Waals surface area contributed by atoms with Crippen molar-refractivity contribution in [2.45, 2.75) is 141 Å². The predicted octanol–water partition coefficient (Wildman–Crippen LogP) is 5.88. The molecule has 422 valence electrons. The molecule has 1 heterocycles. The summed E-state index contributed by atoms with van der Waals surface area (Å²) in [7, 11) is 0. The molecule has 1 spiro atoms. The highest BCUT2D eigenvalue weighted by Gasteiger charge is 2.84. The van der Waals surface area contributed by atoms with E-state index >= 15 is 9.59 Å². The number of benzene rings is 3. The zero-order valence-corrected chi connectivity index (χ0v) is 45.2. The molecule has 11 atom stereocenters. The fraction of sp³-hybridized carbons (Fsp3) is 0.500. The normalized spacial score (nSPS) is 27.8. The van der Waals surface area contributed by atoms with Crippen molar-refractivity contribution in [1.29, 1.82) is 0 Å². The standard InChI is InChI=1S/C58H66N2O19/c1-32-39(75-51(67)46(44(36-20-14-10-15-21-36)60-53(69)79-54(4,5)6)76-42(64)30-71-41(63)24-25-59-52(68)72-29-35-18-12-9-13-19-35)28-58(70)49(77-50(66)37-22-16-11-17-23-37)47-56(48(65)45(74-33(2)61)43(32)55(58,7)8)27-38(56)26-40-57(47,31-73-40)78-34(3)62/h9-23,38-40,44-47,49,70H,24-31H2,1-8H3,(H,59,68)(H,60,69)/t38?,39-,40+,44-,45+,46+,47-,49-,56+,57-,58+/m0/s1. The fourth-order valence-electron chi connectivity index (χ4n) is 11.9. The molecular formula is C58H66N2O19. The number of hydrogen-bond acceptors (Lipinski definition) is 19. The van der Waals surface area contributed by atoms with Gasteiger partial charge in [0.25, 0.3) is 0 Å². The van der Waals surface area contributed by atoms with Crippen LogP contribution in [0.2, 0.25) is 0 Å². The Morgan fingerprint density at radius 2 is 1.44 bits per heavy atom. The molecule has 8 rings (SSSR count). The number of carbonyl (C=O) groups excluding carboxylic acids is 9. The average Bonchev–Trinajstić information content (AvgIpc) is 3.09. The molecule has 79 heavy (non-hydrogen) atoms. The number of alkyl carbamates (subject to hydrolysis) is 2. The van der Waals surface area contributed by atoms with Crippen LogP contribution in [0.15, 0.2) is 102 Å². The van der Waals surface area contributed by atoms with Crippen LogP contribution in [0.25, 0.3) is 0 Å². The van der Waals surface area contributed by atoms with Gasteiger partial charge in [0.1, 0.15) is 42.2 Å². The van der Waals surface area contributed by atoms with Gasteiger partial charge in [-0.15, -0.1) is 0 Å². The summed E-state index contributed by atoms with van der Waals surface area (Å²) in [5, 5.41) is 19.0. The lowest BCUT2D eigenvalue weighted by Crippen LogP contribution is -2.78. The Kier molecular flexibility index (Phi) is 16.5. The highest BCUT2D eigenvalue weighted by Crippen LogP contribution is 2.74. The number of ketones is 1. The molecular weight excluding hydrogens is 1030 g/mol. The van der Waals surface area contributed by atoms with Gasteiger partial charge in [-0.25, -0.2) is 24.0 Å². The molecule has 4 aliphatic carbocycles. The van der Waals surface area contributed by atoms with Crippen molar-refractivity contribution in [2.24, 2.45) is 22.7 Å². The second-order valence-corrected chi connectivity index (χ2v) is 22.2. The Labute approximate surface area is 456 Å². The minimum absolute atomic E-state index is 0.0227. The van der Waals surface area contributed by atoms with E-state index in [-0.39, 0.29) is 54.9 Å². The Balaban J connectivity index is 1.16. The highest BCUT2D eigenvalue weighted by atomic mass is 16.6. The molecule has 1 unspecified atom stereocenters. The molecule has 3 saturated carbocycles. The molecule has 3 aromatic rings.